The molecule has 2 rings (SSSR count). The predicted octanol–water partition coefficient (Wildman–Crippen LogP) is 1.64. The van der Waals surface area contributed by atoms with Crippen LogP contribution in [0.5, 0.6) is 0 Å². The zero-order valence-electron chi connectivity index (χ0n) is 10.5. The van der Waals surface area contributed by atoms with Crippen molar-refractivity contribution < 1.29 is 9.53 Å². The molecule has 0 fully saturated rings. The van der Waals surface area contributed by atoms with Gasteiger partial charge < -0.3 is 10.5 Å². The van der Waals surface area contributed by atoms with Crippen LogP contribution in [0.1, 0.15) is 20.8 Å². The minimum absolute atomic E-state index is 0.372. The molecule has 0 aliphatic carbocycles. The van der Waals surface area contributed by atoms with Crippen molar-refractivity contribution >= 4 is 11.9 Å². The highest BCUT2D eigenvalue weighted by atomic mass is 16.6. The smallest absolute Gasteiger partial charge is 0.419 e. The number of imidazole rings is 1. The summed E-state index contributed by atoms with van der Waals surface area (Å²) in [5.41, 5.74) is 6.18. The molecule has 3 N–H and O–H groups in total. The van der Waals surface area contributed by atoms with Crippen LogP contribution in [0.25, 0.3) is 11.4 Å². The van der Waals surface area contributed by atoms with Gasteiger partial charge in [0.15, 0.2) is 0 Å². The SMILES string of the molecule is CC(C)(C)OC(=O)n1cnc(-c2cc(N)n[nH]2)c1. The maximum absolute atomic E-state index is 11.8. The quantitative estimate of drug-likeness (QED) is 0.800. The number of nitrogens with zero attached hydrogens (tertiary/aromatic N) is 3. The Morgan fingerprint density at radius 3 is 2.78 bits per heavy atom. The molecule has 0 saturated carbocycles. The van der Waals surface area contributed by atoms with E-state index in [1.807, 2.05) is 0 Å². The number of nitrogens with two attached hydrogens (primary N) is 1. The van der Waals surface area contributed by atoms with Crippen LogP contribution >= 0.6 is 0 Å². The van der Waals surface area contributed by atoms with Gasteiger partial charge in [0.05, 0.1) is 5.69 Å². The van der Waals surface area contributed by atoms with E-state index in [0.29, 0.717) is 17.2 Å². The molecule has 7 heteroatoms. The van der Waals surface area contributed by atoms with E-state index in [-0.39, 0.29) is 0 Å². The van der Waals surface area contributed by atoms with Crippen LogP contribution in [0.3, 0.4) is 0 Å². The van der Waals surface area contributed by atoms with Gasteiger partial charge in [-0.05, 0) is 20.8 Å². The number of anilines is 1. The summed E-state index contributed by atoms with van der Waals surface area (Å²) >= 11 is 0. The third-order valence-electron chi connectivity index (χ3n) is 2.06. The summed E-state index contributed by atoms with van der Waals surface area (Å²) in [6, 6.07) is 1.64. The molecule has 0 amide bonds. The minimum Gasteiger partial charge on any atom is -0.443 e. The van der Waals surface area contributed by atoms with Crippen LogP contribution in [-0.4, -0.2) is 31.4 Å². The molecule has 0 aromatic carbocycles. The second kappa shape index (κ2) is 4.17. The first kappa shape index (κ1) is 12.2. The van der Waals surface area contributed by atoms with Crippen molar-refractivity contribution in [3.8, 4) is 11.4 Å². The molecular formula is C11H15N5O2. The van der Waals surface area contributed by atoms with Crippen molar-refractivity contribution in [1.29, 1.82) is 0 Å². The van der Waals surface area contributed by atoms with E-state index >= 15 is 0 Å². The van der Waals surface area contributed by atoms with Crippen molar-refractivity contribution in [2.24, 2.45) is 0 Å². The van der Waals surface area contributed by atoms with Gasteiger partial charge in [-0.2, -0.15) is 5.10 Å². The normalized spacial score (nSPS) is 11.5. The van der Waals surface area contributed by atoms with E-state index in [4.69, 9.17) is 10.5 Å². The largest absolute Gasteiger partial charge is 0.443 e. The molecule has 2 heterocycles. The molecule has 0 spiro atoms. The van der Waals surface area contributed by atoms with E-state index in [9.17, 15) is 4.79 Å². The lowest BCUT2D eigenvalue weighted by Gasteiger charge is -2.18. The van der Waals surface area contributed by atoms with Gasteiger partial charge in [-0.1, -0.05) is 0 Å². The average Bonchev–Trinajstić information content (AvgIpc) is 2.82. The fraction of sp³-hybridized carbons (Fsp3) is 0.364. The van der Waals surface area contributed by atoms with E-state index in [1.54, 1.807) is 33.0 Å². The molecule has 0 aliphatic heterocycles. The maximum Gasteiger partial charge on any atom is 0.419 e. The first-order chi connectivity index (χ1) is 8.35. The molecule has 96 valence electrons. The summed E-state index contributed by atoms with van der Waals surface area (Å²) in [5, 5.41) is 6.51. The lowest BCUT2D eigenvalue weighted by Crippen LogP contribution is -2.26. The van der Waals surface area contributed by atoms with Gasteiger partial charge in [-0.3, -0.25) is 5.10 Å². The van der Waals surface area contributed by atoms with E-state index < -0.39 is 11.7 Å². The molecule has 18 heavy (non-hydrogen) atoms. The Kier molecular flexibility index (Phi) is 2.82. The summed E-state index contributed by atoms with van der Waals surface area (Å²) < 4.78 is 6.49. The minimum atomic E-state index is -0.542. The summed E-state index contributed by atoms with van der Waals surface area (Å²) in [7, 11) is 0. The van der Waals surface area contributed by atoms with Gasteiger partial charge in [0.25, 0.3) is 0 Å². The Morgan fingerprint density at radius 1 is 1.50 bits per heavy atom. The average molecular weight is 249 g/mol. The number of nitrogens with one attached hydrogen (secondary N) is 1. The van der Waals surface area contributed by atoms with Crippen LogP contribution in [0, 0.1) is 0 Å². The first-order valence-electron chi connectivity index (χ1n) is 5.44. The Bertz CT molecular complexity index is 564. The number of hydrogen-bond acceptors (Lipinski definition) is 5. The van der Waals surface area contributed by atoms with Crippen LogP contribution in [0.2, 0.25) is 0 Å². The molecule has 0 radical (unpaired) electrons. The number of rotatable bonds is 1. The van der Waals surface area contributed by atoms with Crippen molar-refractivity contribution in [2.75, 3.05) is 5.73 Å². The van der Waals surface area contributed by atoms with Gasteiger partial charge in [0.2, 0.25) is 0 Å². The molecule has 2 aromatic heterocycles. The molecule has 0 aliphatic rings. The molecule has 0 bridgehead atoms. The van der Waals surface area contributed by atoms with Crippen LogP contribution in [0.4, 0.5) is 10.6 Å². The van der Waals surface area contributed by atoms with Crippen LogP contribution in [-0.2, 0) is 4.74 Å². The topological polar surface area (TPSA) is 98.8 Å². The highest BCUT2D eigenvalue weighted by Gasteiger charge is 2.18. The Morgan fingerprint density at radius 2 is 2.22 bits per heavy atom. The number of aromatic amines is 1. The number of ether oxygens (including phenoxy) is 1. The number of H-pyrrole nitrogens is 1. The number of aromatic nitrogens is 4. The number of carbonyl (C=O) groups is 1. The van der Waals surface area contributed by atoms with E-state index in [0.717, 1.165) is 0 Å². The summed E-state index contributed by atoms with van der Waals surface area (Å²) in [4.78, 5) is 15.8. The molecule has 0 atom stereocenters. The van der Waals surface area contributed by atoms with E-state index in [2.05, 4.69) is 15.2 Å². The Hall–Kier alpha value is -2.31. The van der Waals surface area contributed by atoms with Crippen molar-refractivity contribution in [3.05, 3.63) is 18.6 Å². The third kappa shape index (κ3) is 2.68. The molecule has 0 saturated heterocycles. The highest BCUT2D eigenvalue weighted by Crippen LogP contribution is 2.16. The summed E-state index contributed by atoms with van der Waals surface area (Å²) in [5.74, 6) is 0.372. The summed E-state index contributed by atoms with van der Waals surface area (Å²) in [6.07, 6.45) is 2.47. The number of hydrogen-bond donors (Lipinski definition) is 2. The highest BCUT2D eigenvalue weighted by molar-refractivity contribution is 5.72. The maximum atomic E-state index is 11.8. The zero-order chi connectivity index (χ0) is 13.3. The second-order valence-corrected chi connectivity index (χ2v) is 4.85. The molecular weight excluding hydrogens is 234 g/mol. The second-order valence-electron chi connectivity index (χ2n) is 4.85. The molecule has 2 aromatic rings. The fourth-order valence-corrected chi connectivity index (χ4v) is 1.34. The lowest BCUT2D eigenvalue weighted by molar-refractivity contribution is 0.0536. The van der Waals surface area contributed by atoms with Crippen LogP contribution < -0.4 is 5.73 Å². The standard InChI is InChI=1S/C11H15N5O2/c1-11(2,3)18-10(17)16-5-8(13-6-16)7-4-9(12)15-14-7/h4-6H,1-3H3,(H3,12,14,15). The van der Waals surface area contributed by atoms with Crippen molar-refractivity contribution in [1.82, 2.24) is 19.7 Å². The zero-order valence-corrected chi connectivity index (χ0v) is 10.5. The van der Waals surface area contributed by atoms with Gasteiger partial charge >= 0.3 is 6.09 Å². The number of nitrogen functional groups attached to an aromatic ring is 1. The monoisotopic (exact) mass is 249 g/mol. The molecule has 7 nitrogen and oxygen atoms in total. The fourth-order valence-electron chi connectivity index (χ4n) is 1.34. The van der Waals surface area contributed by atoms with Crippen LogP contribution in [0.15, 0.2) is 18.6 Å². The third-order valence-corrected chi connectivity index (χ3v) is 2.06. The van der Waals surface area contributed by atoms with Crippen molar-refractivity contribution in [3.63, 3.8) is 0 Å². The number of carbonyl (C=O) groups excluding carboxylic acids is 1. The van der Waals surface area contributed by atoms with Gasteiger partial charge in [-0.15, -0.1) is 0 Å². The van der Waals surface area contributed by atoms with E-state index in [1.165, 1.54) is 10.9 Å². The van der Waals surface area contributed by atoms with Gasteiger partial charge in [0, 0.05) is 12.3 Å². The Balaban J connectivity index is 2.18. The first-order valence-corrected chi connectivity index (χ1v) is 5.44. The Labute approximate surface area is 104 Å². The van der Waals surface area contributed by atoms with Gasteiger partial charge in [0.1, 0.15) is 23.4 Å². The van der Waals surface area contributed by atoms with Gasteiger partial charge in [-0.25, -0.2) is 14.3 Å². The summed E-state index contributed by atoms with van der Waals surface area (Å²) in [6.45, 7) is 5.41. The predicted molar refractivity (Wildman–Crippen MR) is 65.9 cm³/mol. The van der Waals surface area contributed by atoms with Crippen molar-refractivity contribution in [2.45, 2.75) is 26.4 Å². The molecule has 0 unspecified atom stereocenters. The lowest BCUT2D eigenvalue weighted by atomic mass is 10.2.